The molecule has 2 aliphatic heterocycles. The molecule has 0 aliphatic carbocycles. The first-order chi connectivity index (χ1) is 13.5. The fraction of sp³-hybridized carbons (Fsp3) is 0.550. The normalized spacial score (nSPS) is 21.4. The summed E-state index contributed by atoms with van der Waals surface area (Å²) in [5.74, 6) is 0.299. The van der Waals surface area contributed by atoms with Crippen LogP contribution in [0.4, 0.5) is 13.2 Å². The predicted octanol–water partition coefficient (Wildman–Crippen LogP) is 4.31. The van der Waals surface area contributed by atoms with Gasteiger partial charge in [-0.25, -0.2) is 4.98 Å². The van der Waals surface area contributed by atoms with E-state index in [9.17, 15) is 13.2 Å². The van der Waals surface area contributed by atoms with E-state index in [1.807, 2.05) is 39.8 Å². The Morgan fingerprint density at radius 3 is 2.14 bits per heavy atom. The highest BCUT2D eigenvalue weighted by Crippen LogP contribution is 2.38. The second-order valence-corrected chi connectivity index (χ2v) is 8.63. The smallest absolute Gasteiger partial charge is 0.403 e. The summed E-state index contributed by atoms with van der Waals surface area (Å²) in [5.41, 5.74) is -0.0818. The predicted molar refractivity (Wildman–Crippen MR) is 102 cm³/mol. The Morgan fingerprint density at radius 1 is 1.07 bits per heavy atom. The van der Waals surface area contributed by atoms with E-state index in [-0.39, 0.29) is 13.2 Å². The van der Waals surface area contributed by atoms with Gasteiger partial charge >= 0.3 is 13.3 Å². The van der Waals surface area contributed by atoms with Crippen molar-refractivity contribution in [2.75, 3.05) is 13.2 Å². The van der Waals surface area contributed by atoms with Crippen LogP contribution in [0.1, 0.15) is 45.0 Å². The van der Waals surface area contributed by atoms with Crippen molar-refractivity contribution < 1.29 is 27.2 Å². The second kappa shape index (κ2) is 6.85. The molecule has 2 aromatic rings. The molecule has 5 nitrogen and oxygen atoms in total. The Kier molecular flexibility index (Phi) is 4.83. The van der Waals surface area contributed by atoms with E-state index in [0.29, 0.717) is 30.9 Å². The second-order valence-electron chi connectivity index (χ2n) is 8.63. The van der Waals surface area contributed by atoms with Gasteiger partial charge in [0.2, 0.25) is 0 Å². The molecule has 2 fully saturated rings. The molecule has 0 saturated carbocycles. The Hall–Kier alpha value is -1.84. The molecule has 29 heavy (non-hydrogen) atoms. The maximum absolute atomic E-state index is 13.2. The summed E-state index contributed by atoms with van der Waals surface area (Å²) in [7, 11) is -0.364. The molecule has 1 aromatic carbocycles. The molecule has 156 valence electrons. The highest BCUT2D eigenvalue weighted by atomic mass is 19.4. The lowest BCUT2D eigenvalue weighted by atomic mass is 9.80. The third kappa shape index (κ3) is 3.83. The van der Waals surface area contributed by atoms with Crippen molar-refractivity contribution in [1.29, 1.82) is 0 Å². The summed E-state index contributed by atoms with van der Waals surface area (Å²) in [6.07, 6.45) is -2.85. The zero-order valence-electron chi connectivity index (χ0n) is 16.9. The van der Waals surface area contributed by atoms with E-state index < -0.39 is 23.1 Å². The molecular formula is C20H24BF3N2O3. The van der Waals surface area contributed by atoms with Gasteiger partial charge < -0.3 is 18.6 Å². The molecule has 0 atom stereocenters. The average Bonchev–Trinajstić information content (AvgIpc) is 3.05. The van der Waals surface area contributed by atoms with Gasteiger partial charge in [0.15, 0.2) is 5.69 Å². The van der Waals surface area contributed by atoms with Crippen LogP contribution in [-0.2, 0) is 26.5 Å². The molecule has 1 aromatic heterocycles. The third-order valence-electron chi connectivity index (χ3n) is 5.95. The monoisotopic (exact) mass is 408 g/mol. The summed E-state index contributed by atoms with van der Waals surface area (Å²) >= 11 is 0. The minimum atomic E-state index is -4.48. The largest absolute Gasteiger partial charge is 0.462 e. The number of ether oxygens (including phenoxy) is 1. The van der Waals surface area contributed by atoms with Crippen molar-refractivity contribution in [1.82, 2.24) is 9.55 Å². The van der Waals surface area contributed by atoms with Gasteiger partial charge in [-0.15, -0.1) is 0 Å². The maximum atomic E-state index is 13.2. The van der Waals surface area contributed by atoms with Crippen LogP contribution in [0.5, 0.6) is 0 Å². The lowest BCUT2D eigenvalue weighted by molar-refractivity contribution is -0.141. The maximum Gasteiger partial charge on any atom is 0.462 e. The lowest BCUT2D eigenvalue weighted by Crippen LogP contribution is -2.41. The minimum absolute atomic E-state index is 0.127. The van der Waals surface area contributed by atoms with Crippen molar-refractivity contribution in [3.8, 4) is 11.4 Å². The first-order valence-corrected chi connectivity index (χ1v) is 9.65. The van der Waals surface area contributed by atoms with Crippen molar-refractivity contribution >= 4 is 7.12 Å². The first-order valence-electron chi connectivity index (χ1n) is 9.65. The number of hydrogen-bond acceptors (Lipinski definition) is 4. The Balaban J connectivity index is 1.55. The zero-order valence-corrected chi connectivity index (χ0v) is 16.9. The van der Waals surface area contributed by atoms with Gasteiger partial charge in [-0.2, -0.15) is 13.2 Å². The molecule has 2 aliphatic rings. The molecule has 0 unspecified atom stereocenters. The molecule has 0 amide bonds. The highest BCUT2D eigenvalue weighted by molar-refractivity contribution is 6.45. The fourth-order valence-corrected chi connectivity index (χ4v) is 3.44. The number of rotatable bonds is 4. The highest BCUT2D eigenvalue weighted by Gasteiger charge is 2.50. The SMILES string of the molecule is CC1(C)OB(Cc2ccc(-c3nc(C(F)(F)F)cn3C3COC3)cc2)OC1(C)C. The van der Waals surface area contributed by atoms with Crippen LogP contribution in [0.25, 0.3) is 11.4 Å². The van der Waals surface area contributed by atoms with Gasteiger partial charge in [-0.1, -0.05) is 24.3 Å². The van der Waals surface area contributed by atoms with Crippen LogP contribution < -0.4 is 0 Å². The van der Waals surface area contributed by atoms with Crippen LogP contribution in [0.3, 0.4) is 0 Å². The summed E-state index contributed by atoms with van der Waals surface area (Å²) < 4.78 is 58.2. The van der Waals surface area contributed by atoms with Gasteiger partial charge in [0.05, 0.1) is 30.5 Å². The van der Waals surface area contributed by atoms with Crippen LogP contribution in [0.2, 0.25) is 0 Å². The summed E-state index contributed by atoms with van der Waals surface area (Å²) in [4.78, 5) is 3.86. The number of aromatic nitrogens is 2. The molecule has 0 radical (unpaired) electrons. The van der Waals surface area contributed by atoms with Crippen molar-refractivity contribution in [3.05, 3.63) is 41.7 Å². The molecule has 3 heterocycles. The van der Waals surface area contributed by atoms with E-state index >= 15 is 0 Å². The Morgan fingerprint density at radius 2 is 1.66 bits per heavy atom. The van der Waals surface area contributed by atoms with E-state index in [1.165, 1.54) is 0 Å². The zero-order chi connectivity index (χ0) is 21.0. The van der Waals surface area contributed by atoms with Crippen molar-refractivity contribution in [2.24, 2.45) is 0 Å². The number of alkyl halides is 3. The molecular weight excluding hydrogens is 384 g/mol. The first kappa shape index (κ1) is 20.4. The molecule has 4 rings (SSSR count). The molecule has 9 heteroatoms. The van der Waals surface area contributed by atoms with E-state index in [0.717, 1.165) is 11.8 Å². The molecule has 2 saturated heterocycles. The van der Waals surface area contributed by atoms with Crippen molar-refractivity contribution in [2.45, 2.75) is 57.4 Å². The third-order valence-corrected chi connectivity index (χ3v) is 5.95. The van der Waals surface area contributed by atoms with Gasteiger partial charge in [0, 0.05) is 18.1 Å². The minimum Gasteiger partial charge on any atom is -0.403 e. The van der Waals surface area contributed by atoms with Gasteiger partial charge in [-0.3, -0.25) is 0 Å². The Bertz CT molecular complexity index is 873. The van der Waals surface area contributed by atoms with E-state index in [2.05, 4.69) is 4.98 Å². The molecule has 0 N–H and O–H groups in total. The van der Waals surface area contributed by atoms with E-state index in [4.69, 9.17) is 14.0 Å². The fourth-order valence-electron chi connectivity index (χ4n) is 3.44. The number of nitrogens with zero attached hydrogens (tertiary/aromatic N) is 2. The number of hydrogen-bond donors (Lipinski definition) is 0. The van der Waals surface area contributed by atoms with Gasteiger partial charge in [0.1, 0.15) is 5.82 Å². The van der Waals surface area contributed by atoms with Crippen LogP contribution in [0.15, 0.2) is 30.5 Å². The van der Waals surface area contributed by atoms with E-state index in [1.54, 1.807) is 16.7 Å². The van der Waals surface area contributed by atoms with Crippen molar-refractivity contribution in [3.63, 3.8) is 0 Å². The number of benzene rings is 1. The quantitative estimate of drug-likeness (QED) is 0.708. The van der Waals surface area contributed by atoms with Gasteiger partial charge in [-0.05, 0) is 33.3 Å². The number of imidazole rings is 1. The van der Waals surface area contributed by atoms with Crippen LogP contribution >= 0.6 is 0 Å². The van der Waals surface area contributed by atoms with Gasteiger partial charge in [0.25, 0.3) is 0 Å². The molecule has 0 spiro atoms. The van der Waals surface area contributed by atoms with Crippen LogP contribution in [-0.4, -0.2) is 41.1 Å². The standard InChI is InChI=1S/C20H24BF3N2O3/c1-18(2)19(3,4)29-21(28-18)9-13-5-7-14(8-6-13)17-25-16(20(22,23)24)10-26(17)15-11-27-12-15/h5-8,10,15H,9,11-12H2,1-4H3. The average molecular weight is 408 g/mol. The summed E-state index contributed by atoms with van der Waals surface area (Å²) in [6.45, 7) is 8.77. The number of halogens is 3. The van der Waals surface area contributed by atoms with Crippen LogP contribution in [0, 0.1) is 0 Å². The molecule has 0 bridgehead atoms. The summed E-state index contributed by atoms with van der Waals surface area (Å²) in [6, 6.07) is 7.21. The lowest BCUT2D eigenvalue weighted by Gasteiger charge is -2.32. The summed E-state index contributed by atoms with van der Waals surface area (Å²) in [5, 5.41) is 0. The Labute approximate surface area is 168 Å². The topological polar surface area (TPSA) is 45.5 Å².